The van der Waals surface area contributed by atoms with Gasteiger partial charge in [0.25, 0.3) is 17.7 Å². The predicted molar refractivity (Wildman–Crippen MR) is 378 cm³/mol. The highest BCUT2D eigenvalue weighted by atomic mass is 35.5. The second kappa shape index (κ2) is 41.1. The maximum atomic E-state index is 12.7. The molecule has 6 N–H and O–H groups in total. The van der Waals surface area contributed by atoms with Crippen LogP contribution >= 0.6 is 11.6 Å². The monoisotopic (exact) mass is 1400 g/mol. The van der Waals surface area contributed by atoms with Gasteiger partial charge in [0.1, 0.15) is 51.2 Å². The number of amides is 3. The molecule has 3 fully saturated rings. The smallest absolute Gasteiger partial charge is 0.342 e. The number of allylic oxidation sites excluding steroid dienone is 9. The molecule has 24 nitrogen and oxygen atoms in total. The van der Waals surface area contributed by atoms with Gasteiger partial charge >= 0.3 is 17.9 Å². The van der Waals surface area contributed by atoms with Crippen molar-refractivity contribution in [3.8, 4) is 34.5 Å². The van der Waals surface area contributed by atoms with Crippen molar-refractivity contribution >= 4 is 64.4 Å². The number of cyclic esters (lactones) is 3. The quantitative estimate of drug-likeness (QED) is 0.0502. The summed E-state index contributed by atoms with van der Waals surface area (Å²) in [5, 5.41) is 73.4. The lowest BCUT2D eigenvalue weighted by atomic mass is 9.99. The van der Waals surface area contributed by atoms with Crippen molar-refractivity contribution in [2.45, 2.75) is 161 Å². The van der Waals surface area contributed by atoms with E-state index in [-0.39, 0.29) is 145 Å². The molecule has 25 heteroatoms. The molecule has 0 saturated carbocycles. The van der Waals surface area contributed by atoms with Gasteiger partial charge in [-0.1, -0.05) is 88.7 Å². The highest BCUT2D eigenvalue weighted by molar-refractivity contribution is 6.33. The molecule has 540 valence electrons. The molecule has 3 atom stereocenters. The fourth-order valence-electron chi connectivity index (χ4n) is 12.0. The maximum absolute atomic E-state index is 12.7. The van der Waals surface area contributed by atoms with Gasteiger partial charge in [-0.25, -0.2) is 14.4 Å². The van der Waals surface area contributed by atoms with Crippen molar-refractivity contribution < 1.29 is 88.1 Å². The molecule has 6 aliphatic heterocycles. The molecule has 3 amide bonds. The highest BCUT2D eigenvalue weighted by Gasteiger charge is 2.29. The number of phenolic OH excluding ortho intramolecular Hbond substituents is 6. The summed E-state index contributed by atoms with van der Waals surface area (Å²) in [5.74, 6) is -3.90. The van der Waals surface area contributed by atoms with Crippen LogP contribution in [0.2, 0.25) is 5.02 Å². The van der Waals surface area contributed by atoms with Crippen LogP contribution in [-0.4, -0.2) is 176 Å². The maximum Gasteiger partial charge on any atom is 0.342 e. The van der Waals surface area contributed by atoms with Crippen LogP contribution in [0.5, 0.6) is 34.5 Å². The number of piperidine rings is 3. The number of nitrogens with zero attached hydrogens (tertiary/aromatic N) is 6. The summed E-state index contributed by atoms with van der Waals surface area (Å²) in [7, 11) is 0. The van der Waals surface area contributed by atoms with Gasteiger partial charge in [0, 0.05) is 75.7 Å². The van der Waals surface area contributed by atoms with Crippen molar-refractivity contribution in [3.05, 3.63) is 142 Å². The highest BCUT2D eigenvalue weighted by Crippen LogP contribution is 2.38. The number of oxime groups is 3. The summed E-state index contributed by atoms with van der Waals surface area (Å²) >= 11 is 6.30. The number of likely N-dealkylation sites (tertiary alicyclic amines) is 3. The number of aromatic hydroxyl groups is 6. The van der Waals surface area contributed by atoms with Crippen molar-refractivity contribution in [1.82, 2.24) is 14.7 Å². The molecule has 3 aromatic carbocycles. The molecule has 3 saturated heterocycles. The SMILES string of the molecule is CC1CCCCN1C(=O)CO/N=C1/C=C/CC/C=C/CCOC(=O)c2c(O)cc(O)cc2C1.CC1CCCCN1C(=O)CO/N=C1\C=C\CC/C=C/CCOC(=O)c2c(O)cc(O)cc2C1.CC1CCCN(C(=O)CO/N=C2/C=C/CC/C=C/CCOC(=O)c3c(O)cc(O)c(Cl)c3C2)C1. The number of esters is 3. The molecule has 0 aliphatic carbocycles. The van der Waals surface area contributed by atoms with Crippen LogP contribution in [0.25, 0.3) is 0 Å². The summed E-state index contributed by atoms with van der Waals surface area (Å²) in [5.41, 5.74) is 1.98. The zero-order valence-electron chi connectivity index (χ0n) is 57.4. The average Bonchev–Trinajstić information content (AvgIpc) is 1.21. The number of benzene rings is 3. The largest absolute Gasteiger partial charge is 0.508 e. The van der Waals surface area contributed by atoms with E-state index >= 15 is 0 Å². The number of rotatable bonds is 9. The summed E-state index contributed by atoms with van der Waals surface area (Å²) in [6.45, 7) is 9.00. The van der Waals surface area contributed by atoms with E-state index in [2.05, 4.69) is 22.4 Å². The first kappa shape index (κ1) is 77.8. The number of halogens is 1. The van der Waals surface area contributed by atoms with Gasteiger partial charge in [0.05, 0.1) is 42.0 Å². The number of ether oxygens (including phenoxy) is 3. The van der Waals surface area contributed by atoms with E-state index in [9.17, 15) is 59.4 Å². The van der Waals surface area contributed by atoms with E-state index in [0.717, 1.165) is 121 Å². The normalized spacial score (nSPS) is 23.1. The zero-order valence-corrected chi connectivity index (χ0v) is 58.2. The third-order valence-corrected chi connectivity index (χ3v) is 17.7. The Hall–Kier alpha value is -9.58. The fraction of sp³-hybridized carbons (Fsp3) is 0.480. The summed E-state index contributed by atoms with van der Waals surface area (Å²) in [6.07, 6.45) is 37.7. The lowest BCUT2D eigenvalue weighted by molar-refractivity contribution is -0.140. The van der Waals surface area contributed by atoms with Crippen LogP contribution in [0.15, 0.2) is 119 Å². The molecule has 3 unspecified atom stereocenters. The molecule has 0 spiro atoms. The lowest BCUT2D eigenvalue weighted by Gasteiger charge is -2.32. The molecule has 3 aromatic rings. The number of hydrogen-bond acceptors (Lipinski definition) is 21. The van der Waals surface area contributed by atoms with Crippen molar-refractivity contribution in [1.29, 1.82) is 0 Å². The number of carbonyl (C=O) groups is 6. The van der Waals surface area contributed by atoms with Crippen molar-refractivity contribution in [2.24, 2.45) is 21.4 Å². The minimum atomic E-state index is -0.751. The molecule has 0 aromatic heterocycles. The minimum absolute atomic E-state index is 0.0202. The van der Waals surface area contributed by atoms with E-state index in [4.69, 9.17) is 40.3 Å². The number of carbonyl (C=O) groups excluding carboxylic acids is 6. The third kappa shape index (κ3) is 25.0. The molecule has 6 heterocycles. The Morgan fingerprint density at radius 3 is 1.28 bits per heavy atom. The van der Waals surface area contributed by atoms with Crippen molar-refractivity contribution in [2.75, 3.05) is 65.8 Å². The molecular formula is C75H95ClN6O18. The van der Waals surface area contributed by atoms with Crippen LogP contribution in [0.1, 0.15) is 178 Å². The van der Waals surface area contributed by atoms with E-state index in [1.807, 2.05) is 78.3 Å². The van der Waals surface area contributed by atoms with Crippen LogP contribution in [0.3, 0.4) is 0 Å². The zero-order chi connectivity index (χ0) is 71.8. The van der Waals surface area contributed by atoms with Gasteiger partial charge < -0.3 is 74.1 Å². The Labute approximate surface area is 589 Å². The summed E-state index contributed by atoms with van der Waals surface area (Å²) in [6, 6.07) is 6.38. The molecule has 0 radical (unpaired) electrons. The standard InChI is InChI=1S/C25H31ClN2O6.2C25H32N2O6/c1-17-9-8-11-28(15-17)22(31)16-34-27-18-10-6-4-2-3-5-7-12-33-25(32)23-19(13-18)24(26)21(30)14-20(23)29;2*1-18-10-7-8-12-27(18)23(30)17-33-26-20-11-6-4-2-3-5-9-13-32-25(31)24-19(14-20)15-21(28)16-22(24)29/h3,5-6,10,14,17,29-30H,2,4,7-9,11-13,15-16H2,1H3;2*3,5-6,11,15-16,18,28-29H,2,4,7-10,12-14,17H2,1H3/b5-3+,10-6+,27-18-;5-3+,11-6+,26-20+;5-3+,11-6+,26-20-. The van der Waals surface area contributed by atoms with Gasteiger partial charge in [-0.3, -0.25) is 14.4 Å². The first-order chi connectivity index (χ1) is 48.3. The minimum Gasteiger partial charge on any atom is -0.508 e. The topological polar surface area (TPSA) is 326 Å². The number of fused-ring (bicyclic) bond motifs is 3. The Morgan fingerprint density at radius 1 is 0.460 bits per heavy atom. The first-order valence-electron chi connectivity index (χ1n) is 34.5. The van der Waals surface area contributed by atoms with Gasteiger partial charge in [-0.15, -0.1) is 0 Å². The van der Waals surface area contributed by atoms with E-state index in [1.165, 1.54) is 12.1 Å². The molecular weight excluding hydrogens is 1310 g/mol. The Kier molecular flexibility index (Phi) is 32.0. The lowest BCUT2D eigenvalue weighted by Crippen LogP contribution is -2.43. The Morgan fingerprint density at radius 2 is 0.850 bits per heavy atom. The summed E-state index contributed by atoms with van der Waals surface area (Å²) in [4.78, 5) is 97.1. The van der Waals surface area contributed by atoms with Gasteiger partial charge in [0.15, 0.2) is 19.8 Å². The second-order valence-electron chi connectivity index (χ2n) is 25.3. The van der Waals surface area contributed by atoms with E-state index in [1.54, 1.807) is 23.1 Å². The molecule has 100 heavy (non-hydrogen) atoms. The van der Waals surface area contributed by atoms with Gasteiger partial charge in [0.2, 0.25) is 0 Å². The number of phenols is 6. The molecule has 9 rings (SSSR count). The third-order valence-electron chi connectivity index (χ3n) is 17.3. The first-order valence-corrected chi connectivity index (χ1v) is 34.9. The Bertz CT molecular complexity index is 3440. The second-order valence-corrected chi connectivity index (χ2v) is 25.6. The Balaban J connectivity index is 0.000000211. The number of hydrogen-bond donors (Lipinski definition) is 6. The van der Waals surface area contributed by atoms with Crippen LogP contribution in [-0.2, 0) is 62.4 Å². The predicted octanol–water partition coefficient (Wildman–Crippen LogP) is 12.1. The van der Waals surface area contributed by atoms with E-state index < -0.39 is 23.7 Å². The molecule has 0 bridgehead atoms. The molecule has 6 aliphatic rings. The average molecular weight is 1400 g/mol. The van der Waals surface area contributed by atoms with Gasteiger partial charge in [-0.2, -0.15) is 0 Å². The fourth-order valence-corrected chi connectivity index (χ4v) is 12.3. The van der Waals surface area contributed by atoms with Crippen LogP contribution in [0.4, 0.5) is 0 Å². The summed E-state index contributed by atoms with van der Waals surface area (Å²) < 4.78 is 15.9. The van der Waals surface area contributed by atoms with Crippen LogP contribution in [0, 0.1) is 5.92 Å². The van der Waals surface area contributed by atoms with E-state index in [0.29, 0.717) is 66.5 Å². The van der Waals surface area contributed by atoms with Gasteiger partial charge in [-0.05, 0) is 176 Å². The van der Waals surface area contributed by atoms with Crippen LogP contribution < -0.4 is 0 Å². The van der Waals surface area contributed by atoms with Crippen molar-refractivity contribution in [3.63, 3.8) is 0 Å².